The number of unbranched alkanes of at least 4 members (excludes halogenated alkanes) is 3. The number of rotatable bonds is 9. The van der Waals surface area contributed by atoms with Crippen molar-refractivity contribution in [3.63, 3.8) is 0 Å². The van der Waals surface area contributed by atoms with E-state index in [2.05, 4.69) is 13.8 Å². The third kappa shape index (κ3) is 9.71. The first-order valence-corrected chi connectivity index (χ1v) is 5.97. The Kier molecular flexibility index (Phi) is 9.55. The van der Waals surface area contributed by atoms with E-state index < -0.39 is 0 Å². The van der Waals surface area contributed by atoms with Gasteiger partial charge in [-0.2, -0.15) is 5.26 Å². The fourth-order valence-corrected chi connectivity index (χ4v) is 1.40. The van der Waals surface area contributed by atoms with Gasteiger partial charge in [0.2, 0.25) is 0 Å². The molecule has 88 valence electrons. The lowest BCUT2D eigenvalue weighted by Crippen LogP contribution is -2.21. The van der Waals surface area contributed by atoms with E-state index in [0.717, 1.165) is 6.42 Å². The van der Waals surface area contributed by atoms with Gasteiger partial charge in [-0.15, -0.1) is 0 Å². The van der Waals surface area contributed by atoms with Crippen LogP contribution >= 0.6 is 0 Å². The number of nitrogens with zero attached hydrogens (tertiary/aromatic N) is 1. The molecule has 15 heavy (non-hydrogen) atoms. The largest absolute Gasteiger partial charge is 0.378 e. The number of nitrogens with two attached hydrogens (primary N) is 1. The van der Waals surface area contributed by atoms with Crippen LogP contribution in [-0.4, -0.2) is 18.8 Å². The van der Waals surface area contributed by atoms with Gasteiger partial charge in [-0.3, -0.25) is 0 Å². The van der Waals surface area contributed by atoms with Crippen LogP contribution in [0, 0.1) is 11.3 Å². The maximum absolute atomic E-state index is 8.47. The van der Waals surface area contributed by atoms with Gasteiger partial charge in [0.1, 0.15) is 0 Å². The van der Waals surface area contributed by atoms with Gasteiger partial charge in [0.25, 0.3) is 0 Å². The van der Waals surface area contributed by atoms with E-state index in [1.54, 1.807) is 0 Å². The molecular weight excluding hydrogens is 188 g/mol. The van der Waals surface area contributed by atoms with Gasteiger partial charge in [0.15, 0.2) is 0 Å². The second kappa shape index (κ2) is 9.95. The van der Waals surface area contributed by atoms with Crippen molar-refractivity contribution in [2.75, 3.05) is 6.61 Å². The molecule has 0 fully saturated rings. The second-order valence-electron chi connectivity index (χ2n) is 4.06. The van der Waals surface area contributed by atoms with Crippen molar-refractivity contribution in [2.45, 2.75) is 64.5 Å². The first kappa shape index (κ1) is 14.4. The fourth-order valence-electron chi connectivity index (χ4n) is 1.40. The van der Waals surface area contributed by atoms with E-state index in [1.807, 2.05) is 6.07 Å². The van der Waals surface area contributed by atoms with Gasteiger partial charge < -0.3 is 10.5 Å². The van der Waals surface area contributed by atoms with Crippen LogP contribution in [0.2, 0.25) is 0 Å². The summed E-state index contributed by atoms with van der Waals surface area (Å²) in [6.07, 6.45) is 7.16. The third-order valence-corrected chi connectivity index (χ3v) is 2.46. The summed E-state index contributed by atoms with van der Waals surface area (Å²) in [6.45, 7) is 4.90. The topological polar surface area (TPSA) is 59.0 Å². The molecule has 0 amide bonds. The standard InChI is InChI=1S/C12H24N2O/c1-3-4-5-6-7-11(2)15-9-8-12(14)10-13/h11-12H,3-9,14H2,1-2H3. The molecule has 0 saturated carbocycles. The first-order chi connectivity index (χ1) is 7.20. The molecule has 3 heteroatoms. The predicted octanol–water partition coefficient (Wildman–Crippen LogP) is 2.60. The summed E-state index contributed by atoms with van der Waals surface area (Å²) in [5.41, 5.74) is 5.46. The summed E-state index contributed by atoms with van der Waals surface area (Å²) in [5, 5.41) is 8.47. The maximum atomic E-state index is 8.47. The summed E-state index contributed by atoms with van der Waals surface area (Å²) < 4.78 is 5.56. The minimum Gasteiger partial charge on any atom is -0.378 e. The smallest absolute Gasteiger partial charge is 0.0950 e. The van der Waals surface area contributed by atoms with Crippen molar-refractivity contribution in [1.82, 2.24) is 0 Å². The molecule has 0 rings (SSSR count). The molecule has 0 bridgehead atoms. The number of hydrogen-bond acceptors (Lipinski definition) is 3. The Labute approximate surface area is 93.6 Å². The van der Waals surface area contributed by atoms with Crippen LogP contribution in [-0.2, 0) is 4.74 Å². The van der Waals surface area contributed by atoms with Crippen molar-refractivity contribution in [2.24, 2.45) is 5.73 Å². The van der Waals surface area contributed by atoms with Crippen LogP contribution in [0.25, 0.3) is 0 Å². The number of ether oxygens (including phenoxy) is 1. The molecule has 0 aromatic carbocycles. The Bertz CT molecular complexity index is 177. The Morgan fingerprint density at radius 1 is 1.27 bits per heavy atom. The highest BCUT2D eigenvalue weighted by Gasteiger charge is 2.04. The van der Waals surface area contributed by atoms with Gasteiger partial charge in [-0.1, -0.05) is 32.6 Å². The van der Waals surface area contributed by atoms with Gasteiger partial charge in [-0.25, -0.2) is 0 Å². The zero-order valence-electron chi connectivity index (χ0n) is 10.0. The van der Waals surface area contributed by atoms with Crippen molar-refractivity contribution >= 4 is 0 Å². The van der Waals surface area contributed by atoms with Crippen LogP contribution < -0.4 is 5.73 Å². The van der Waals surface area contributed by atoms with E-state index in [4.69, 9.17) is 15.7 Å². The minimum absolute atomic E-state index is 0.299. The highest BCUT2D eigenvalue weighted by atomic mass is 16.5. The summed E-state index contributed by atoms with van der Waals surface area (Å²) in [7, 11) is 0. The Hall–Kier alpha value is -0.590. The van der Waals surface area contributed by atoms with Crippen molar-refractivity contribution in [1.29, 1.82) is 5.26 Å². The zero-order chi connectivity index (χ0) is 11.5. The monoisotopic (exact) mass is 212 g/mol. The van der Waals surface area contributed by atoms with Gasteiger partial charge in [0.05, 0.1) is 18.2 Å². The fraction of sp³-hybridized carbons (Fsp3) is 0.917. The van der Waals surface area contributed by atoms with Crippen LogP contribution in [0.5, 0.6) is 0 Å². The van der Waals surface area contributed by atoms with Gasteiger partial charge in [-0.05, 0) is 19.8 Å². The van der Waals surface area contributed by atoms with Gasteiger partial charge in [0, 0.05) is 6.61 Å². The predicted molar refractivity (Wildman–Crippen MR) is 62.4 cm³/mol. The lowest BCUT2D eigenvalue weighted by Gasteiger charge is -2.13. The van der Waals surface area contributed by atoms with Crippen LogP contribution in [0.1, 0.15) is 52.4 Å². The molecule has 2 unspecified atom stereocenters. The molecule has 2 atom stereocenters. The summed E-state index contributed by atoms with van der Waals surface area (Å²) in [6, 6.07) is 1.62. The lowest BCUT2D eigenvalue weighted by molar-refractivity contribution is 0.0559. The summed E-state index contributed by atoms with van der Waals surface area (Å²) >= 11 is 0. The normalized spacial score (nSPS) is 14.5. The van der Waals surface area contributed by atoms with Crippen LogP contribution in [0.3, 0.4) is 0 Å². The summed E-state index contributed by atoms with van der Waals surface area (Å²) in [4.78, 5) is 0. The molecule has 3 nitrogen and oxygen atoms in total. The van der Waals surface area contributed by atoms with Crippen LogP contribution in [0.15, 0.2) is 0 Å². The maximum Gasteiger partial charge on any atom is 0.0950 e. The first-order valence-electron chi connectivity index (χ1n) is 5.97. The van der Waals surface area contributed by atoms with E-state index in [1.165, 1.54) is 25.7 Å². The SMILES string of the molecule is CCCCCCC(C)OCCC(N)C#N. The molecule has 0 aromatic rings. The zero-order valence-corrected chi connectivity index (χ0v) is 10.0. The Morgan fingerprint density at radius 3 is 2.60 bits per heavy atom. The van der Waals surface area contributed by atoms with Crippen molar-refractivity contribution in [3.05, 3.63) is 0 Å². The van der Waals surface area contributed by atoms with E-state index in [9.17, 15) is 0 Å². The quantitative estimate of drug-likeness (QED) is 0.598. The molecule has 0 aliphatic carbocycles. The second-order valence-corrected chi connectivity index (χ2v) is 4.06. The van der Waals surface area contributed by atoms with Crippen LogP contribution in [0.4, 0.5) is 0 Å². The molecule has 0 aromatic heterocycles. The van der Waals surface area contributed by atoms with E-state index in [-0.39, 0.29) is 6.04 Å². The molecule has 0 heterocycles. The molecule has 0 spiro atoms. The Morgan fingerprint density at radius 2 is 2.00 bits per heavy atom. The Balaban J connectivity index is 3.26. The van der Waals surface area contributed by atoms with E-state index in [0.29, 0.717) is 19.1 Å². The van der Waals surface area contributed by atoms with Crippen molar-refractivity contribution < 1.29 is 4.74 Å². The molecule has 0 radical (unpaired) electrons. The number of nitriles is 1. The molecule has 0 saturated heterocycles. The average Bonchev–Trinajstić information content (AvgIpc) is 2.24. The lowest BCUT2D eigenvalue weighted by atomic mass is 10.1. The minimum atomic E-state index is -0.378. The third-order valence-electron chi connectivity index (χ3n) is 2.46. The van der Waals surface area contributed by atoms with E-state index >= 15 is 0 Å². The van der Waals surface area contributed by atoms with Gasteiger partial charge >= 0.3 is 0 Å². The summed E-state index contributed by atoms with van der Waals surface area (Å²) in [5.74, 6) is 0. The molecular formula is C12H24N2O. The molecule has 2 N–H and O–H groups in total. The van der Waals surface area contributed by atoms with Crippen molar-refractivity contribution in [3.8, 4) is 6.07 Å². The number of hydrogen-bond donors (Lipinski definition) is 1. The average molecular weight is 212 g/mol. The highest BCUT2D eigenvalue weighted by molar-refractivity contribution is 4.85. The molecule has 0 aliphatic rings. The molecule has 0 aliphatic heterocycles. The highest BCUT2D eigenvalue weighted by Crippen LogP contribution is 2.08.